The third kappa shape index (κ3) is 5.41. The van der Waals surface area contributed by atoms with Crippen LogP contribution in [0.3, 0.4) is 0 Å². The number of carbonyl (C=O) groups excluding carboxylic acids is 2. The average Bonchev–Trinajstić information content (AvgIpc) is 2.79. The summed E-state index contributed by atoms with van der Waals surface area (Å²) in [6, 6.07) is 15.5. The van der Waals surface area contributed by atoms with E-state index < -0.39 is 0 Å². The first-order valence-corrected chi connectivity index (χ1v) is 11.2. The predicted octanol–water partition coefficient (Wildman–Crippen LogP) is 4.95. The van der Waals surface area contributed by atoms with Crippen molar-refractivity contribution in [2.24, 2.45) is 0 Å². The highest BCUT2D eigenvalue weighted by molar-refractivity contribution is 6.02. The van der Waals surface area contributed by atoms with E-state index in [1.165, 1.54) is 6.42 Å². The predicted molar refractivity (Wildman–Crippen MR) is 123 cm³/mol. The summed E-state index contributed by atoms with van der Waals surface area (Å²) < 4.78 is 0. The first-order valence-electron chi connectivity index (χ1n) is 11.2. The molecule has 0 aliphatic carbocycles. The Morgan fingerprint density at radius 2 is 1.73 bits per heavy atom. The summed E-state index contributed by atoms with van der Waals surface area (Å²) in [6.45, 7) is 6.62. The van der Waals surface area contributed by atoms with E-state index in [2.05, 4.69) is 15.5 Å². The zero-order valence-electron chi connectivity index (χ0n) is 18.1. The minimum Gasteiger partial charge on any atom is -0.371 e. The summed E-state index contributed by atoms with van der Waals surface area (Å²) in [4.78, 5) is 28.1. The topological polar surface area (TPSA) is 61.4 Å². The summed E-state index contributed by atoms with van der Waals surface area (Å²) in [5.74, 6) is -0.344. The van der Waals surface area contributed by atoms with Gasteiger partial charge in [0.25, 0.3) is 5.91 Å². The second-order valence-electron chi connectivity index (χ2n) is 7.90. The van der Waals surface area contributed by atoms with Crippen molar-refractivity contribution < 1.29 is 9.59 Å². The van der Waals surface area contributed by atoms with Gasteiger partial charge < -0.3 is 15.5 Å². The van der Waals surface area contributed by atoms with Crippen LogP contribution in [-0.2, 0) is 4.79 Å². The fourth-order valence-electron chi connectivity index (χ4n) is 4.03. The SMILES string of the molecule is CCCNC(=O)c1cc(NC(=O)[C@@H](CC)c2ccccc2)ccc1N1CCCCC1. The maximum absolute atomic E-state index is 13.0. The fourth-order valence-corrected chi connectivity index (χ4v) is 4.03. The maximum atomic E-state index is 13.0. The third-order valence-electron chi connectivity index (χ3n) is 5.67. The van der Waals surface area contributed by atoms with E-state index in [4.69, 9.17) is 0 Å². The molecule has 1 aliphatic rings. The summed E-state index contributed by atoms with van der Waals surface area (Å²) in [7, 11) is 0. The number of piperidine rings is 1. The van der Waals surface area contributed by atoms with Gasteiger partial charge in [-0.25, -0.2) is 0 Å². The van der Waals surface area contributed by atoms with Gasteiger partial charge in [-0.15, -0.1) is 0 Å². The molecule has 1 atom stereocenters. The van der Waals surface area contributed by atoms with Crippen LogP contribution in [0, 0.1) is 0 Å². The molecule has 1 fully saturated rings. The normalized spacial score (nSPS) is 14.8. The van der Waals surface area contributed by atoms with Crippen LogP contribution in [0.1, 0.15) is 67.8 Å². The van der Waals surface area contributed by atoms with Gasteiger partial charge in [-0.3, -0.25) is 9.59 Å². The first-order chi connectivity index (χ1) is 14.6. The molecule has 1 heterocycles. The fraction of sp³-hybridized carbons (Fsp3) is 0.440. The number of nitrogens with one attached hydrogen (secondary N) is 2. The van der Waals surface area contributed by atoms with Crippen molar-refractivity contribution in [2.75, 3.05) is 29.9 Å². The van der Waals surface area contributed by atoms with Gasteiger partial charge in [0.15, 0.2) is 0 Å². The lowest BCUT2D eigenvalue weighted by Crippen LogP contribution is -2.33. The average molecular weight is 408 g/mol. The van der Waals surface area contributed by atoms with Gasteiger partial charge in [0, 0.05) is 31.0 Å². The molecular formula is C25H33N3O2. The molecule has 1 aliphatic heterocycles. The van der Waals surface area contributed by atoms with Crippen molar-refractivity contribution in [1.82, 2.24) is 5.32 Å². The first kappa shape index (κ1) is 21.9. The van der Waals surface area contributed by atoms with E-state index in [9.17, 15) is 9.59 Å². The molecule has 5 nitrogen and oxygen atoms in total. The van der Waals surface area contributed by atoms with Crippen molar-refractivity contribution in [3.63, 3.8) is 0 Å². The molecule has 160 valence electrons. The molecule has 2 N–H and O–H groups in total. The van der Waals surface area contributed by atoms with Crippen LogP contribution >= 0.6 is 0 Å². The molecular weight excluding hydrogens is 374 g/mol. The van der Waals surface area contributed by atoms with Crippen molar-refractivity contribution in [2.45, 2.75) is 51.9 Å². The summed E-state index contributed by atoms with van der Waals surface area (Å²) in [5, 5.41) is 6.03. The molecule has 1 saturated heterocycles. The Balaban J connectivity index is 1.84. The standard InChI is InChI=1S/C25H33N3O2/c1-3-15-26-24(29)22-18-20(13-14-23(22)28-16-9-6-10-17-28)27-25(30)21(4-2)19-11-7-5-8-12-19/h5,7-8,11-14,18,21H,3-4,6,9-10,15-17H2,1-2H3,(H,26,29)(H,27,30)/t21-/m0/s1. The van der Waals surface area contributed by atoms with Crippen LogP contribution in [-0.4, -0.2) is 31.4 Å². The molecule has 3 rings (SSSR count). The number of nitrogens with zero attached hydrogens (tertiary/aromatic N) is 1. The number of hydrogen-bond acceptors (Lipinski definition) is 3. The Morgan fingerprint density at radius 1 is 1.00 bits per heavy atom. The van der Waals surface area contributed by atoms with E-state index in [-0.39, 0.29) is 17.7 Å². The van der Waals surface area contributed by atoms with Gasteiger partial charge >= 0.3 is 0 Å². The smallest absolute Gasteiger partial charge is 0.253 e. The van der Waals surface area contributed by atoms with Crippen molar-refractivity contribution in [3.05, 3.63) is 59.7 Å². The van der Waals surface area contributed by atoms with Gasteiger partial charge in [-0.05, 0) is 55.9 Å². The van der Waals surface area contributed by atoms with Gasteiger partial charge in [-0.1, -0.05) is 44.2 Å². The minimum atomic E-state index is -0.217. The highest BCUT2D eigenvalue weighted by Crippen LogP contribution is 2.28. The van der Waals surface area contributed by atoms with Crippen molar-refractivity contribution in [1.29, 1.82) is 0 Å². The Labute approximate surface area is 179 Å². The molecule has 0 spiro atoms. The number of carbonyl (C=O) groups is 2. The maximum Gasteiger partial charge on any atom is 0.253 e. The Bertz CT molecular complexity index is 845. The van der Waals surface area contributed by atoms with Gasteiger partial charge in [-0.2, -0.15) is 0 Å². The molecule has 2 aromatic carbocycles. The monoisotopic (exact) mass is 407 g/mol. The number of amides is 2. The van der Waals surface area contributed by atoms with Crippen LogP contribution < -0.4 is 15.5 Å². The van der Waals surface area contributed by atoms with E-state index in [1.54, 1.807) is 0 Å². The van der Waals surface area contributed by atoms with E-state index in [0.29, 0.717) is 24.2 Å². The quantitative estimate of drug-likeness (QED) is 0.651. The summed E-state index contributed by atoms with van der Waals surface area (Å²) in [5.41, 5.74) is 3.26. The zero-order chi connectivity index (χ0) is 21.3. The minimum absolute atomic E-state index is 0.0469. The van der Waals surface area contributed by atoms with Crippen molar-refractivity contribution >= 4 is 23.2 Å². The Kier molecular flexibility index (Phi) is 7.89. The second kappa shape index (κ2) is 10.8. The van der Waals surface area contributed by atoms with Crippen LogP contribution in [0.4, 0.5) is 11.4 Å². The van der Waals surface area contributed by atoms with Crippen LogP contribution in [0.2, 0.25) is 0 Å². The van der Waals surface area contributed by atoms with E-state index in [0.717, 1.165) is 43.6 Å². The number of hydrogen-bond donors (Lipinski definition) is 2. The van der Waals surface area contributed by atoms with Gasteiger partial charge in [0.1, 0.15) is 0 Å². The zero-order valence-corrected chi connectivity index (χ0v) is 18.1. The Hall–Kier alpha value is -2.82. The van der Waals surface area contributed by atoms with Crippen LogP contribution in [0.5, 0.6) is 0 Å². The molecule has 0 unspecified atom stereocenters. The number of anilines is 2. The molecule has 0 saturated carbocycles. The third-order valence-corrected chi connectivity index (χ3v) is 5.67. The summed E-state index contributed by atoms with van der Waals surface area (Å²) in [6.07, 6.45) is 5.12. The van der Waals surface area contributed by atoms with E-state index >= 15 is 0 Å². The van der Waals surface area contributed by atoms with E-state index in [1.807, 2.05) is 62.4 Å². The largest absolute Gasteiger partial charge is 0.371 e. The highest BCUT2D eigenvalue weighted by Gasteiger charge is 2.22. The molecule has 0 radical (unpaired) electrons. The molecule has 30 heavy (non-hydrogen) atoms. The molecule has 0 bridgehead atoms. The highest BCUT2D eigenvalue weighted by atomic mass is 16.2. The summed E-state index contributed by atoms with van der Waals surface area (Å²) >= 11 is 0. The van der Waals surface area contributed by atoms with Gasteiger partial charge in [0.2, 0.25) is 5.91 Å². The number of rotatable bonds is 8. The molecule has 2 aromatic rings. The van der Waals surface area contributed by atoms with Crippen LogP contribution in [0.15, 0.2) is 48.5 Å². The number of benzene rings is 2. The van der Waals surface area contributed by atoms with Gasteiger partial charge in [0.05, 0.1) is 11.5 Å². The van der Waals surface area contributed by atoms with Crippen molar-refractivity contribution in [3.8, 4) is 0 Å². The molecule has 0 aromatic heterocycles. The van der Waals surface area contributed by atoms with Crippen LogP contribution in [0.25, 0.3) is 0 Å². The Morgan fingerprint density at radius 3 is 2.40 bits per heavy atom. The lowest BCUT2D eigenvalue weighted by Gasteiger charge is -2.30. The lowest BCUT2D eigenvalue weighted by atomic mass is 9.95. The molecule has 2 amide bonds. The lowest BCUT2D eigenvalue weighted by molar-refractivity contribution is -0.117. The molecule has 5 heteroatoms. The second-order valence-corrected chi connectivity index (χ2v) is 7.90.